The average molecular weight is 228 g/mol. The average Bonchev–Trinajstić information content (AvgIpc) is 2.26. The highest BCUT2D eigenvalue weighted by Gasteiger charge is 2.22. The normalized spacial score (nSPS) is 12.4. The molecule has 0 amide bonds. The van der Waals surface area contributed by atoms with E-state index in [0.717, 1.165) is 11.0 Å². The predicted molar refractivity (Wildman–Crippen MR) is 72.3 cm³/mol. The van der Waals surface area contributed by atoms with Crippen LogP contribution in [0.5, 0.6) is 0 Å². The van der Waals surface area contributed by atoms with Crippen LogP contribution in [0.1, 0.15) is 51.7 Å². The van der Waals surface area contributed by atoms with Gasteiger partial charge in [0.1, 0.15) is 0 Å². The molecule has 2 aromatic rings. The number of hydrogen-bond donors (Lipinski definition) is 0. The van der Waals surface area contributed by atoms with E-state index in [4.69, 9.17) is 0 Å². The van der Waals surface area contributed by atoms with E-state index >= 15 is 0 Å². The lowest BCUT2D eigenvalue weighted by atomic mass is 9.81. The third kappa shape index (κ3) is 2.17. The molecule has 2 heterocycles. The van der Waals surface area contributed by atoms with Gasteiger partial charge in [0.15, 0.2) is 0 Å². The highest BCUT2D eigenvalue weighted by molar-refractivity contribution is 5.79. The highest BCUT2D eigenvalue weighted by Crippen LogP contribution is 2.33. The van der Waals surface area contributed by atoms with Gasteiger partial charge in [0.25, 0.3) is 0 Å². The molecule has 0 fully saturated rings. The molecule has 0 aromatic carbocycles. The van der Waals surface area contributed by atoms with Gasteiger partial charge < -0.3 is 0 Å². The van der Waals surface area contributed by atoms with E-state index in [-0.39, 0.29) is 5.41 Å². The molecule has 0 aliphatic rings. The van der Waals surface area contributed by atoms with Crippen molar-refractivity contribution in [2.24, 2.45) is 0 Å². The molecule has 90 valence electrons. The van der Waals surface area contributed by atoms with E-state index < -0.39 is 0 Å². The van der Waals surface area contributed by atoms with Crippen LogP contribution in [0.3, 0.4) is 0 Å². The maximum atomic E-state index is 4.53. The third-order valence-corrected chi connectivity index (χ3v) is 3.05. The summed E-state index contributed by atoms with van der Waals surface area (Å²) in [5.74, 6) is 0.463. The van der Waals surface area contributed by atoms with Crippen LogP contribution in [0.2, 0.25) is 0 Å². The van der Waals surface area contributed by atoms with Crippen molar-refractivity contribution in [3.63, 3.8) is 0 Å². The van der Waals surface area contributed by atoms with Gasteiger partial charge in [-0.3, -0.25) is 9.97 Å². The van der Waals surface area contributed by atoms with E-state index in [0.29, 0.717) is 5.92 Å². The summed E-state index contributed by atoms with van der Waals surface area (Å²) in [5.41, 5.74) is 4.79. The molecule has 0 aliphatic heterocycles. The van der Waals surface area contributed by atoms with Crippen molar-refractivity contribution < 1.29 is 0 Å². The summed E-state index contributed by atoms with van der Waals surface area (Å²) in [7, 11) is 0. The summed E-state index contributed by atoms with van der Waals surface area (Å²) >= 11 is 0. The zero-order chi connectivity index (χ0) is 12.6. The second-order valence-electron chi connectivity index (χ2n) is 5.86. The molecule has 0 unspecified atom stereocenters. The SMILES string of the molecule is CC(C)c1c(C(C)(C)C)cnc2cccnc12. The Morgan fingerprint density at radius 1 is 1.12 bits per heavy atom. The second kappa shape index (κ2) is 4.10. The Hall–Kier alpha value is -1.44. The number of pyridine rings is 2. The van der Waals surface area contributed by atoms with Crippen molar-refractivity contribution in [3.8, 4) is 0 Å². The first kappa shape index (κ1) is 12.0. The van der Waals surface area contributed by atoms with Crippen LogP contribution in [0.4, 0.5) is 0 Å². The van der Waals surface area contributed by atoms with Gasteiger partial charge >= 0.3 is 0 Å². The van der Waals surface area contributed by atoms with Gasteiger partial charge in [-0.25, -0.2) is 0 Å². The number of rotatable bonds is 1. The molecule has 2 rings (SSSR count). The number of fused-ring (bicyclic) bond motifs is 1. The smallest absolute Gasteiger partial charge is 0.0924 e. The number of aromatic nitrogens is 2. The van der Waals surface area contributed by atoms with Crippen LogP contribution >= 0.6 is 0 Å². The molecule has 2 heteroatoms. The summed E-state index contributed by atoms with van der Waals surface area (Å²) in [6.45, 7) is 11.1. The summed E-state index contributed by atoms with van der Waals surface area (Å²) in [6.07, 6.45) is 3.86. The van der Waals surface area contributed by atoms with Crippen LogP contribution < -0.4 is 0 Å². The number of hydrogen-bond acceptors (Lipinski definition) is 2. The topological polar surface area (TPSA) is 25.8 Å². The Kier molecular flexibility index (Phi) is 2.90. The summed E-state index contributed by atoms with van der Waals surface area (Å²) in [4.78, 5) is 9.04. The Balaban J connectivity index is 2.82. The molecule has 17 heavy (non-hydrogen) atoms. The predicted octanol–water partition coefficient (Wildman–Crippen LogP) is 4.05. The zero-order valence-electron chi connectivity index (χ0n) is 11.3. The standard InChI is InChI=1S/C15H20N2/c1-10(2)13-11(15(3,4)5)9-17-12-7-6-8-16-14(12)13/h6-10H,1-5H3. The minimum Gasteiger partial charge on any atom is -0.254 e. The fourth-order valence-corrected chi connectivity index (χ4v) is 2.22. The molecule has 2 aromatic heterocycles. The van der Waals surface area contributed by atoms with Crippen molar-refractivity contribution in [2.75, 3.05) is 0 Å². The largest absolute Gasteiger partial charge is 0.254 e. The molecule has 0 saturated carbocycles. The van der Waals surface area contributed by atoms with Crippen molar-refractivity contribution >= 4 is 11.0 Å². The van der Waals surface area contributed by atoms with Crippen LogP contribution in [-0.2, 0) is 5.41 Å². The van der Waals surface area contributed by atoms with E-state index in [1.807, 2.05) is 24.5 Å². The zero-order valence-corrected chi connectivity index (χ0v) is 11.3. The van der Waals surface area contributed by atoms with Crippen LogP contribution in [0.15, 0.2) is 24.5 Å². The first-order valence-corrected chi connectivity index (χ1v) is 6.15. The van der Waals surface area contributed by atoms with Gasteiger partial charge in [0, 0.05) is 12.4 Å². The Morgan fingerprint density at radius 3 is 2.41 bits per heavy atom. The molecule has 2 nitrogen and oxygen atoms in total. The van der Waals surface area contributed by atoms with Crippen LogP contribution in [-0.4, -0.2) is 9.97 Å². The maximum absolute atomic E-state index is 4.53. The van der Waals surface area contributed by atoms with Gasteiger partial charge in [-0.05, 0) is 34.6 Å². The molecule has 0 N–H and O–H groups in total. The van der Waals surface area contributed by atoms with E-state index in [2.05, 4.69) is 44.6 Å². The van der Waals surface area contributed by atoms with Gasteiger partial charge in [-0.1, -0.05) is 34.6 Å². The quantitative estimate of drug-likeness (QED) is 0.736. The van der Waals surface area contributed by atoms with Crippen LogP contribution in [0, 0.1) is 0 Å². The number of nitrogens with zero attached hydrogens (tertiary/aromatic N) is 2. The Labute approximate surface area is 103 Å². The monoisotopic (exact) mass is 228 g/mol. The first-order chi connectivity index (χ1) is 7.91. The fourth-order valence-electron chi connectivity index (χ4n) is 2.22. The molecular weight excluding hydrogens is 208 g/mol. The van der Waals surface area contributed by atoms with Gasteiger partial charge in [-0.15, -0.1) is 0 Å². The van der Waals surface area contributed by atoms with Crippen LogP contribution in [0.25, 0.3) is 11.0 Å². The molecule has 0 bridgehead atoms. The molecule has 0 aliphatic carbocycles. The lowest BCUT2D eigenvalue weighted by Crippen LogP contribution is -2.16. The summed E-state index contributed by atoms with van der Waals surface area (Å²) in [5, 5.41) is 0. The summed E-state index contributed by atoms with van der Waals surface area (Å²) < 4.78 is 0. The lowest BCUT2D eigenvalue weighted by molar-refractivity contribution is 0.576. The van der Waals surface area contributed by atoms with Crippen molar-refractivity contribution in [3.05, 3.63) is 35.7 Å². The van der Waals surface area contributed by atoms with Crippen molar-refractivity contribution in [1.82, 2.24) is 9.97 Å². The van der Waals surface area contributed by atoms with E-state index in [1.54, 1.807) is 0 Å². The van der Waals surface area contributed by atoms with Gasteiger partial charge in [-0.2, -0.15) is 0 Å². The molecular formula is C15H20N2. The molecule has 0 saturated heterocycles. The lowest BCUT2D eigenvalue weighted by Gasteiger charge is -2.25. The first-order valence-electron chi connectivity index (χ1n) is 6.15. The Bertz CT molecular complexity index is 536. The Morgan fingerprint density at radius 2 is 1.82 bits per heavy atom. The third-order valence-electron chi connectivity index (χ3n) is 3.05. The minimum absolute atomic E-state index is 0.109. The minimum atomic E-state index is 0.109. The van der Waals surface area contributed by atoms with Crippen molar-refractivity contribution in [2.45, 2.75) is 46.0 Å². The summed E-state index contributed by atoms with van der Waals surface area (Å²) in [6, 6.07) is 3.97. The highest BCUT2D eigenvalue weighted by atomic mass is 14.7. The van der Waals surface area contributed by atoms with Crippen molar-refractivity contribution in [1.29, 1.82) is 0 Å². The maximum Gasteiger partial charge on any atom is 0.0924 e. The van der Waals surface area contributed by atoms with Gasteiger partial charge in [0.05, 0.1) is 11.0 Å². The fraction of sp³-hybridized carbons (Fsp3) is 0.467. The molecule has 0 spiro atoms. The van der Waals surface area contributed by atoms with Gasteiger partial charge in [0.2, 0.25) is 0 Å². The van der Waals surface area contributed by atoms with E-state index in [1.165, 1.54) is 11.1 Å². The molecule has 0 atom stereocenters. The second-order valence-corrected chi connectivity index (χ2v) is 5.86. The molecule has 0 radical (unpaired) electrons. The van der Waals surface area contributed by atoms with E-state index in [9.17, 15) is 0 Å².